The molecule has 11 nitrogen and oxygen atoms in total. The molecule has 0 atom stereocenters. The largest absolute Gasteiger partial charge is 0.494 e. The van der Waals surface area contributed by atoms with Gasteiger partial charge in [0, 0.05) is 45.2 Å². The van der Waals surface area contributed by atoms with Gasteiger partial charge in [-0.1, -0.05) is 18.2 Å². The van der Waals surface area contributed by atoms with E-state index in [1.165, 1.54) is 11.9 Å². The Morgan fingerprint density at radius 3 is 2.50 bits per heavy atom. The highest BCUT2D eigenvalue weighted by Crippen LogP contribution is 2.37. The minimum absolute atomic E-state index is 0.00133. The lowest BCUT2D eigenvalue weighted by Crippen LogP contribution is -2.33. The van der Waals surface area contributed by atoms with Crippen LogP contribution in [-0.4, -0.2) is 67.6 Å². The van der Waals surface area contributed by atoms with Crippen molar-refractivity contribution in [1.82, 2.24) is 25.7 Å². The molecule has 36 heavy (non-hydrogen) atoms. The number of nitrogens with one attached hydrogen (secondary N) is 4. The van der Waals surface area contributed by atoms with Crippen molar-refractivity contribution in [1.29, 1.82) is 0 Å². The van der Waals surface area contributed by atoms with Crippen LogP contribution < -0.4 is 26.0 Å². The van der Waals surface area contributed by atoms with Crippen molar-refractivity contribution in [2.24, 2.45) is 5.92 Å². The third kappa shape index (κ3) is 5.29. The number of dihydropyridines is 1. The van der Waals surface area contributed by atoms with E-state index in [0.29, 0.717) is 29.4 Å². The van der Waals surface area contributed by atoms with Crippen LogP contribution >= 0.6 is 0 Å². The topological polar surface area (TPSA) is 138 Å². The summed E-state index contributed by atoms with van der Waals surface area (Å²) in [5, 5.41) is 19.7. The monoisotopic (exact) mass is 491 g/mol. The minimum atomic E-state index is -0.428. The average molecular weight is 492 g/mol. The lowest BCUT2D eigenvalue weighted by molar-refractivity contribution is -0.125. The molecule has 1 saturated carbocycles. The van der Waals surface area contributed by atoms with Gasteiger partial charge in [-0.25, -0.2) is 0 Å². The highest BCUT2D eigenvalue weighted by Gasteiger charge is 2.30. The SMILES string of the molecule is CNC(=O)c1nnc(NC(=O)C2CC2)cc1Nc1cccc(C2=CC=C(C(=O)N(C)C)NC2)c1OC. The molecule has 188 valence electrons. The zero-order chi connectivity index (χ0) is 25.8. The number of anilines is 3. The predicted octanol–water partition coefficient (Wildman–Crippen LogP) is 1.90. The van der Waals surface area contributed by atoms with Crippen molar-refractivity contribution in [3.63, 3.8) is 0 Å². The van der Waals surface area contributed by atoms with Gasteiger partial charge in [0.05, 0.1) is 18.5 Å². The van der Waals surface area contributed by atoms with Crippen LogP contribution in [0.4, 0.5) is 17.2 Å². The van der Waals surface area contributed by atoms with Crippen LogP contribution in [0.25, 0.3) is 5.57 Å². The molecule has 0 bridgehead atoms. The number of hydrogen-bond donors (Lipinski definition) is 4. The molecule has 4 rings (SSSR count). The van der Waals surface area contributed by atoms with E-state index in [2.05, 4.69) is 31.5 Å². The van der Waals surface area contributed by atoms with Crippen LogP contribution in [-0.2, 0) is 9.59 Å². The van der Waals surface area contributed by atoms with Gasteiger partial charge in [-0.2, -0.15) is 0 Å². The van der Waals surface area contributed by atoms with Crippen LogP contribution in [0.3, 0.4) is 0 Å². The molecule has 0 unspecified atom stereocenters. The summed E-state index contributed by atoms with van der Waals surface area (Å²) >= 11 is 0. The fourth-order valence-electron chi connectivity index (χ4n) is 3.73. The Balaban J connectivity index is 1.67. The number of benzene rings is 1. The number of nitrogens with zero attached hydrogens (tertiary/aromatic N) is 3. The van der Waals surface area contributed by atoms with Crippen LogP contribution in [0.5, 0.6) is 5.75 Å². The zero-order valence-electron chi connectivity index (χ0n) is 20.6. The first-order valence-corrected chi connectivity index (χ1v) is 11.5. The van der Waals surface area contributed by atoms with E-state index in [4.69, 9.17) is 4.74 Å². The highest BCUT2D eigenvalue weighted by molar-refractivity contribution is 6.00. The first-order chi connectivity index (χ1) is 17.3. The first-order valence-electron chi connectivity index (χ1n) is 11.5. The van der Waals surface area contributed by atoms with Crippen LogP contribution in [0.15, 0.2) is 42.1 Å². The first kappa shape index (κ1) is 24.7. The number of likely N-dealkylation sites (N-methyl/N-ethyl adjacent to an activating group) is 1. The molecule has 0 radical (unpaired) electrons. The summed E-state index contributed by atoms with van der Waals surface area (Å²) in [6.07, 6.45) is 5.33. The molecule has 11 heteroatoms. The molecule has 3 amide bonds. The van der Waals surface area contributed by atoms with Crippen molar-refractivity contribution >= 4 is 40.5 Å². The molecule has 1 fully saturated rings. The maximum absolute atomic E-state index is 12.5. The Kier molecular flexibility index (Phi) is 7.18. The number of carbonyl (C=O) groups is 3. The predicted molar refractivity (Wildman–Crippen MR) is 136 cm³/mol. The molecule has 1 aliphatic carbocycles. The Morgan fingerprint density at radius 2 is 1.89 bits per heavy atom. The molecule has 2 aliphatic rings. The van der Waals surface area contributed by atoms with E-state index in [-0.39, 0.29) is 29.2 Å². The molecule has 0 saturated heterocycles. The summed E-state index contributed by atoms with van der Waals surface area (Å²) < 4.78 is 5.74. The summed E-state index contributed by atoms with van der Waals surface area (Å²) in [6, 6.07) is 7.16. The van der Waals surface area contributed by atoms with E-state index < -0.39 is 5.91 Å². The fraction of sp³-hybridized carbons (Fsp3) is 0.320. The molecule has 1 aromatic heterocycles. The van der Waals surface area contributed by atoms with Crippen molar-refractivity contribution in [2.45, 2.75) is 12.8 Å². The number of rotatable bonds is 8. The highest BCUT2D eigenvalue weighted by atomic mass is 16.5. The molecule has 2 heterocycles. The standard InChI is InChI=1S/C25H29N7O4/c1-26-24(34)21-19(12-20(30-31-21)29-23(33)14-8-9-14)28-17-7-5-6-16(22(17)36-4)15-10-11-18(27-13-15)25(35)32(2)3/h5-7,10-12,14,27H,8-9,13H2,1-4H3,(H,26,34)(H2,28,29,30,33). The van der Waals surface area contributed by atoms with Gasteiger partial charge in [0.25, 0.3) is 11.8 Å². The summed E-state index contributed by atoms with van der Waals surface area (Å²) in [5.41, 5.74) is 3.27. The molecule has 0 spiro atoms. The van der Waals surface area contributed by atoms with Gasteiger partial charge in [0.1, 0.15) is 11.4 Å². The molecule has 1 aromatic carbocycles. The number of methoxy groups -OCH3 is 1. The minimum Gasteiger partial charge on any atom is -0.494 e. The van der Waals surface area contributed by atoms with Crippen molar-refractivity contribution in [3.05, 3.63) is 53.4 Å². The number of allylic oxidation sites excluding steroid dienone is 2. The number of ether oxygens (including phenoxy) is 1. The Bertz CT molecular complexity index is 1270. The van der Waals surface area contributed by atoms with Gasteiger partial charge in [0.15, 0.2) is 11.5 Å². The fourth-order valence-corrected chi connectivity index (χ4v) is 3.73. The van der Waals surface area contributed by atoms with E-state index in [1.54, 1.807) is 33.3 Å². The maximum atomic E-state index is 12.5. The second-order valence-corrected chi connectivity index (χ2v) is 8.67. The van der Waals surface area contributed by atoms with E-state index in [0.717, 1.165) is 24.0 Å². The lowest BCUT2D eigenvalue weighted by atomic mass is 10.0. The molecular formula is C25H29N7O4. The third-order valence-corrected chi connectivity index (χ3v) is 5.83. The van der Waals surface area contributed by atoms with Gasteiger partial charge in [-0.15, -0.1) is 10.2 Å². The van der Waals surface area contributed by atoms with Crippen LogP contribution in [0.2, 0.25) is 0 Å². The Labute approximate surface area is 209 Å². The van der Waals surface area contributed by atoms with Gasteiger partial charge >= 0.3 is 0 Å². The van der Waals surface area contributed by atoms with E-state index in [1.807, 2.05) is 24.3 Å². The van der Waals surface area contributed by atoms with Crippen molar-refractivity contribution in [3.8, 4) is 5.75 Å². The third-order valence-electron chi connectivity index (χ3n) is 5.83. The average Bonchev–Trinajstić information content (AvgIpc) is 3.74. The van der Waals surface area contributed by atoms with Gasteiger partial charge in [-0.3, -0.25) is 14.4 Å². The second-order valence-electron chi connectivity index (χ2n) is 8.67. The van der Waals surface area contributed by atoms with E-state index in [9.17, 15) is 14.4 Å². The number of carbonyl (C=O) groups excluding carboxylic acids is 3. The normalized spacial score (nSPS) is 14.6. The van der Waals surface area contributed by atoms with Crippen molar-refractivity contribution < 1.29 is 19.1 Å². The molecule has 2 aromatic rings. The Morgan fingerprint density at radius 1 is 1.11 bits per heavy atom. The molecular weight excluding hydrogens is 462 g/mol. The summed E-state index contributed by atoms with van der Waals surface area (Å²) in [7, 11) is 6.46. The van der Waals surface area contributed by atoms with E-state index >= 15 is 0 Å². The van der Waals surface area contributed by atoms with Gasteiger partial charge in [-0.05, 0) is 30.6 Å². The number of aromatic nitrogens is 2. The number of amides is 3. The zero-order valence-corrected chi connectivity index (χ0v) is 20.6. The summed E-state index contributed by atoms with van der Waals surface area (Å²) in [4.78, 5) is 38.4. The Hall–Kier alpha value is -4.41. The maximum Gasteiger partial charge on any atom is 0.273 e. The second kappa shape index (κ2) is 10.5. The van der Waals surface area contributed by atoms with Crippen LogP contribution in [0, 0.1) is 5.92 Å². The number of para-hydroxylation sites is 1. The van der Waals surface area contributed by atoms with Crippen LogP contribution in [0.1, 0.15) is 28.9 Å². The summed E-state index contributed by atoms with van der Waals surface area (Å²) in [5.74, 6) is 0.147. The van der Waals surface area contributed by atoms with Crippen molar-refractivity contribution in [2.75, 3.05) is 45.4 Å². The quantitative estimate of drug-likeness (QED) is 0.439. The lowest BCUT2D eigenvalue weighted by Gasteiger charge is -2.22. The summed E-state index contributed by atoms with van der Waals surface area (Å²) in [6.45, 7) is 0.433. The smallest absolute Gasteiger partial charge is 0.273 e. The van der Waals surface area contributed by atoms with Gasteiger partial charge in [0.2, 0.25) is 5.91 Å². The number of hydrogen-bond acceptors (Lipinski definition) is 8. The molecule has 1 aliphatic heterocycles. The molecule has 4 N–H and O–H groups in total. The van der Waals surface area contributed by atoms with Gasteiger partial charge < -0.3 is 30.9 Å².